The van der Waals surface area contributed by atoms with Crippen LogP contribution in [0.1, 0.15) is 32.8 Å². The van der Waals surface area contributed by atoms with Crippen molar-refractivity contribution in [2.75, 3.05) is 6.26 Å². The molecule has 0 aromatic heterocycles. The minimum atomic E-state index is -3.21. The van der Waals surface area contributed by atoms with Gasteiger partial charge in [0.25, 0.3) is 0 Å². The van der Waals surface area contributed by atoms with Crippen molar-refractivity contribution in [3.05, 3.63) is 23.8 Å². The first-order chi connectivity index (χ1) is 9.38. The molecule has 0 aliphatic rings. The van der Waals surface area contributed by atoms with Crippen LogP contribution in [-0.4, -0.2) is 20.5 Å². The predicted octanol–water partition coefficient (Wildman–Crippen LogP) is 2.94. The van der Waals surface area contributed by atoms with Crippen molar-refractivity contribution in [1.82, 2.24) is 5.32 Å². The van der Waals surface area contributed by atoms with E-state index in [4.69, 9.17) is 5.26 Å². The minimum absolute atomic E-state index is 0.299. The third-order valence-electron chi connectivity index (χ3n) is 2.36. The molecule has 0 unspecified atom stereocenters. The Bertz CT molecular complexity index is 614. The molecule has 20 heavy (non-hydrogen) atoms. The predicted molar refractivity (Wildman–Crippen MR) is 81.8 cm³/mol. The number of nitrogens with zero attached hydrogens (tertiary/aromatic N) is 2. The van der Waals surface area contributed by atoms with E-state index in [2.05, 4.69) is 10.3 Å². The Morgan fingerprint density at radius 1 is 1.40 bits per heavy atom. The van der Waals surface area contributed by atoms with Gasteiger partial charge >= 0.3 is 0 Å². The molecule has 0 amide bonds. The lowest BCUT2D eigenvalue weighted by Crippen LogP contribution is -2.15. The highest BCUT2D eigenvalue weighted by molar-refractivity contribution is 7.90. The number of amidine groups is 1. The van der Waals surface area contributed by atoms with Crippen molar-refractivity contribution in [1.29, 1.82) is 5.26 Å². The van der Waals surface area contributed by atoms with E-state index in [9.17, 15) is 8.42 Å². The van der Waals surface area contributed by atoms with Crippen LogP contribution < -0.4 is 5.32 Å². The SMILES string of the molecule is CC.CCC(=Nc1ccc(S(C)(=O)=O)c(C)c1)NC#N. The van der Waals surface area contributed by atoms with Gasteiger partial charge in [0.1, 0.15) is 5.84 Å². The monoisotopic (exact) mass is 295 g/mol. The zero-order valence-electron chi connectivity index (χ0n) is 12.6. The van der Waals surface area contributed by atoms with Crippen LogP contribution >= 0.6 is 0 Å². The number of nitriles is 1. The van der Waals surface area contributed by atoms with Crippen LogP contribution in [0.5, 0.6) is 0 Å². The highest BCUT2D eigenvalue weighted by Crippen LogP contribution is 2.21. The molecule has 1 aromatic carbocycles. The second-order valence-electron chi connectivity index (χ2n) is 3.87. The van der Waals surface area contributed by atoms with E-state index < -0.39 is 9.84 Å². The van der Waals surface area contributed by atoms with Crippen LogP contribution in [0.3, 0.4) is 0 Å². The lowest BCUT2D eigenvalue weighted by atomic mass is 10.2. The number of sulfone groups is 1. The molecule has 0 aliphatic heterocycles. The number of benzene rings is 1. The molecule has 0 fully saturated rings. The summed E-state index contributed by atoms with van der Waals surface area (Å²) >= 11 is 0. The molecule has 0 radical (unpaired) electrons. The van der Waals surface area contributed by atoms with Gasteiger partial charge in [0, 0.05) is 12.7 Å². The number of aryl methyl sites for hydroxylation is 1. The molecule has 0 saturated carbocycles. The topological polar surface area (TPSA) is 82.3 Å². The van der Waals surface area contributed by atoms with Gasteiger partial charge in [-0.15, -0.1) is 0 Å². The molecule has 0 spiro atoms. The molecule has 6 heteroatoms. The summed E-state index contributed by atoms with van der Waals surface area (Å²) in [6, 6.07) is 4.84. The van der Waals surface area contributed by atoms with Crippen molar-refractivity contribution >= 4 is 21.4 Å². The van der Waals surface area contributed by atoms with Crippen LogP contribution in [0.4, 0.5) is 5.69 Å². The highest BCUT2D eigenvalue weighted by Gasteiger charge is 2.10. The number of hydrogen-bond donors (Lipinski definition) is 1. The summed E-state index contributed by atoms with van der Waals surface area (Å²) in [6.07, 6.45) is 3.58. The largest absolute Gasteiger partial charge is 0.280 e. The van der Waals surface area contributed by atoms with E-state index in [0.717, 1.165) is 0 Å². The average molecular weight is 295 g/mol. The number of aliphatic imine (C=N–C) groups is 1. The molecular formula is C14H21N3O2S. The molecule has 1 rings (SSSR count). The third kappa shape index (κ3) is 5.41. The van der Waals surface area contributed by atoms with E-state index in [1.54, 1.807) is 19.1 Å². The maximum Gasteiger partial charge on any atom is 0.182 e. The Kier molecular flexibility index (Phi) is 7.55. The van der Waals surface area contributed by atoms with E-state index in [0.29, 0.717) is 28.4 Å². The third-order valence-corrected chi connectivity index (χ3v) is 3.61. The van der Waals surface area contributed by atoms with E-state index >= 15 is 0 Å². The van der Waals surface area contributed by atoms with Crippen molar-refractivity contribution in [2.45, 2.75) is 39.0 Å². The maximum atomic E-state index is 11.5. The smallest absolute Gasteiger partial charge is 0.182 e. The van der Waals surface area contributed by atoms with Crippen LogP contribution in [0, 0.1) is 18.4 Å². The first kappa shape index (κ1) is 18.1. The normalized spacial score (nSPS) is 11.1. The highest BCUT2D eigenvalue weighted by atomic mass is 32.2. The summed E-state index contributed by atoms with van der Waals surface area (Å²) < 4.78 is 22.9. The Balaban J connectivity index is 0.00000172. The molecule has 0 heterocycles. The number of hydrogen-bond acceptors (Lipinski definition) is 4. The number of nitrogens with one attached hydrogen (secondary N) is 1. The van der Waals surface area contributed by atoms with Gasteiger partial charge in [-0.05, 0) is 30.7 Å². The van der Waals surface area contributed by atoms with E-state index in [1.165, 1.54) is 12.3 Å². The van der Waals surface area contributed by atoms with Crippen molar-refractivity contribution in [2.24, 2.45) is 4.99 Å². The first-order valence-electron chi connectivity index (χ1n) is 6.42. The molecule has 110 valence electrons. The zero-order valence-corrected chi connectivity index (χ0v) is 13.4. The molecule has 0 atom stereocenters. The molecule has 1 N–H and O–H groups in total. The number of rotatable bonds is 3. The van der Waals surface area contributed by atoms with Crippen molar-refractivity contribution in [3.8, 4) is 6.19 Å². The lowest BCUT2D eigenvalue weighted by molar-refractivity contribution is 0.601. The summed E-state index contributed by atoms with van der Waals surface area (Å²) in [5, 5.41) is 11.0. The molecule has 1 aromatic rings. The van der Waals surface area contributed by atoms with Crippen molar-refractivity contribution < 1.29 is 8.42 Å². The van der Waals surface area contributed by atoms with Crippen LogP contribution in [0.25, 0.3) is 0 Å². The van der Waals surface area contributed by atoms with Crippen molar-refractivity contribution in [3.63, 3.8) is 0 Å². The lowest BCUT2D eigenvalue weighted by Gasteiger charge is -2.05. The molecule has 0 bridgehead atoms. The fraction of sp³-hybridized carbons (Fsp3) is 0.429. The molecule has 0 saturated heterocycles. The fourth-order valence-corrected chi connectivity index (χ4v) is 2.49. The summed E-state index contributed by atoms with van der Waals surface area (Å²) in [5.41, 5.74) is 1.27. The summed E-state index contributed by atoms with van der Waals surface area (Å²) in [4.78, 5) is 4.54. The van der Waals surface area contributed by atoms with E-state index in [-0.39, 0.29) is 0 Å². The summed E-state index contributed by atoms with van der Waals surface area (Å²) in [5.74, 6) is 0.545. The van der Waals surface area contributed by atoms with Crippen LogP contribution in [-0.2, 0) is 9.84 Å². The minimum Gasteiger partial charge on any atom is -0.280 e. The Labute approximate surface area is 121 Å². The zero-order chi connectivity index (χ0) is 15.8. The summed E-state index contributed by atoms with van der Waals surface area (Å²) in [7, 11) is -3.21. The Morgan fingerprint density at radius 3 is 2.40 bits per heavy atom. The van der Waals surface area contributed by atoms with E-state index in [1.807, 2.05) is 27.0 Å². The van der Waals surface area contributed by atoms with Gasteiger partial charge in [-0.25, -0.2) is 13.4 Å². The first-order valence-corrected chi connectivity index (χ1v) is 8.31. The Hall–Kier alpha value is -1.87. The summed E-state index contributed by atoms with van der Waals surface area (Å²) in [6.45, 7) is 7.60. The van der Waals surface area contributed by atoms with Gasteiger partial charge in [-0.2, -0.15) is 5.26 Å². The molecular weight excluding hydrogens is 274 g/mol. The maximum absolute atomic E-state index is 11.5. The van der Waals surface area contributed by atoms with Gasteiger partial charge in [-0.1, -0.05) is 20.8 Å². The van der Waals surface area contributed by atoms with Crippen LogP contribution in [0.2, 0.25) is 0 Å². The second-order valence-corrected chi connectivity index (χ2v) is 5.85. The standard InChI is InChI=1S/C12H15N3O2S.C2H6/c1-4-12(14-8-13)15-10-5-6-11(9(2)7-10)18(3,16)17;1-2/h5-7H,4H2,1-3H3,(H,14,15);1-2H3. The van der Waals surface area contributed by atoms with Crippen LogP contribution in [0.15, 0.2) is 28.1 Å². The van der Waals surface area contributed by atoms with Gasteiger partial charge in [0.05, 0.1) is 10.6 Å². The quantitative estimate of drug-likeness (QED) is 0.402. The van der Waals surface area contributed by atoms with Gasteiger partial charge in [0.2, 0.25) is 0 Å². The fourth-order valence-electron chi connectivity index (χ4n) is 1.53. The van der Waals surface area contributed by atoms with Gasteiger partial charge in [0.15, 0.2) is 16.0 Å². The van der Waals surface area contributed by atoms with Gasteiger partial charge < -0.3 is 0 Å². The Morgan fingerprint density at radius 2 is 2.00 bits per heavy atom. The molecule has 5 nitrogen and oxygen atoms in total. The average Bonchev–Trinajstić information content (AvgIpc) is 2.39. The second kappa shape index (κ2) is 8.33. The molecule has 0 aliphatic carbocycles. The van der Waals surface area contributed by atoms with Gasteiger partial charge in [-0.3, -0.25) is 5.32 Å².